The molecule has 1 unspecified atom stereocenters. The molecule has 2 N–H and O–H groups in total. The average molecular weight is 253 g/mol. The van der Waals surface area contributed by atoms with Crippen LogP contribution in [0.4, 0.5) is 11.9 Å². The maximum absolute atomic E-state index is 5.68. The van der Waals surface area contributed by atoms with Gasteiger partial charge in [0.2, 0.25) is 11.9 Å². The molecule has 1 saturated heterocycles. The normalized spacial score (nSPS) is 18.9. The maximum Gasteiger partial charge on any atom is 0.323 e. The molecule has 0 bridgehead atoms. The number of nitrogens with two attached hydrogens (primary N) is 1. The lowest BCUT2D eigenvalue weighted by Crippen LogP contribution is -2.26. The summed E-state index contributed by atoms with van der Waals surface area (Å²) in [7, 11) is 0. The van der Waals surface area contributed by atoms with Crippen molar-refractivity contribution in [1.29, 1.82) is 0 Å². The lowest BCUT2D eigenvalue weighted by molar-refractivity contribution is 0.134. The van der Waals surface area contributed by atoms with E-state index < -0.39 is 0 Å². The van der Waals surface area contributed by atoms with Crippen molar-refractivity contribution < 1.29 is 9.47 Å². The van der Waals surface area contributed by atoms with E-state index >= 15 is 0 Å². The van der Waals surface area contributed by atoms with Crippen molar-refractivity contribution in [2.24, 2.45) is 0 Å². The SMILES string of the molecule is CCN(CC)c1nc(N)nc(OC2CCOC2)n1. The molecule has 0 aliphatic carbocycles. The molecule has 2 rings (SSSR count). The highest BCUT2D eigenvalue weighted by atomic mass is 16.6. The third kappa shape index (κ3) is 2.98. The van der Waals surface area contributed by atoms with Crippen LogP contribution in [0.3, 0.4) is 0 Å². The van der Waals surface area contributed by atoms with Gasteiger partial charge in [0.05, 0.1) is 13.2 Å². The predicted molar refractivity (Wildman–Crippen MR) is 67.7 cm³/mol. The summed E-state index contributed by atoms with van der Waals surface area (Å²) < 4.78 is 10.9. The van der Waals surface area contributed by atoms with Crippen molar-refractivity contribution in [2.75, 3.05) is 36.9 Å². The van der Waals surface area contributed by atoms with Crippen molar-refractivity contribution in [3.8, 4) is 6.01 Å². The van der Waals surface area contributed by atoms with Gasteiger partial charge in [0.15, 0.2) is 0 Å². The fourth-order valence-corrected chi connectivity index (χ4v) is 1.82. The van der Waals surface area contributed by atoms with Crippen LogP contribution in [0.2, 0.25) is 0 Å². The van der Waals surface area contributed by atoms with Gasteiger partial charge in [0.25, 0.3) is 0 Å². The molecule has 1 aromatic rings. The van der Waals surface area contributed by atoms with Crippen LogP contribution in [0.5, 0.6) is 6.01 Å². The largest absolute Gasteiger partial charge is 0.457 e. The first-order valence-electron chi connectivity index (χ1n) is 6.23. The van der Waals surface area contributed by atoms with Gasteiger partial charge in [-0.2, -0.15) is 15.0 Å². The van der Waals surface area contributed by atoms with E-state index in [1.165, 1.54) is 0 Å². The molecule has 0 saturated carbocycles. The Kier molecular flexibility index (Phi) is 4.14. The van der Waals surface area contributed by atoms with Gasteiger partial charge in [-0.05, 0) is 13.8 Å². The average Bonchev–Trinajstić information content (AvgIpc) is 2.83. The van der Waals surface area contributed by atoms with Crippen molar-refractivity contribution in [3.63, 3.8) is 0 Å². The van der Waals surface area contributed by atoms with E-state index in [2.05, 4.69) is 15.0 Å². The molecule has 0 amide bonds. The first-order chi connectivity index (χ1) is 8.72. The molecule has 1 atom stereocenters. The monoisotopic (exact) mass is 253 g/mol. The molecule has 7 heteroatoms. The minimum absolute atomic E-state index is 0.0105. The molecule has 1 aliphatic heterocycles. The molecule has 7 nitrogen and oxygen atoms in total. The van der Waals surface area contributed by atoms with Gasteiger partial charge in [-0.25, -0.2) is 0 Å². The van der Waals surface area contributed by atoms with E-state index in [1.807, 2.05) is 18.7 Å². The predicted octanol–water partition coefficient (Wildman–Crippen LogP) is 0.468. The van der Waals surface area contributed by atoms with Gasteiger partial charge < -0.3 is 20.1 Å². The van der Waals surface area contributed by atoms with E-state index in [0.29, 0.717) is 19.2 Å². The van der Waals surface area contributed by atoms with E-state index in [4.69, 9.17) is 15.2 Å². The summed E-state index contributed by atoms with van der Waals surface area (Å²) in [6.45, 7) is 6.99. The van der Waals surface area contributed by atoms with Crippen molar-refractivity contribution in [2.45, 2.75) is 26.4 Å². The minimum Gasteiger partial charge on any atom is -0.457 e. The summed E-state index contributed by atoms with van der Waals surface area (Å²) in [6.07, 6.45) is 0.864. The van der Waals surface area contributed by atoms with E-state index in [1.54, 1.807) is 0 Å². The van der Waals surface area contributed by atoms with Crippen LogP contribution < -0.4 is 15.4 Å². The zero-order chi connectivity index (χ0) is 13.0. The van der Waals surface area contributed by atoms with Crippen molar-refractivity contribution in [3.05, 3.63) is 0 Å². The number of nitrogen functional groups attached to an aromatic ring is 1. The Bertz CT molecular complexity index is 391. The van der Waals surface area contributed by atoms with Crippen LogP contribution in [-0.2, 0) is 4.74 Å². The van der Waals surface area contributed by atoms with Crippen LogP contribution in [0.1, 0.15) is 20.3 Å². The number of aromatic nitrogens is 3. The molecule has 0 radical (unpaired) electrons. The van der Waals surface area contributed by atoms with E-state index in [9.17, 15) is 0 Å². The quantitative estimate of drug-likeness (QED) is 0.816. The van der Waals surface area contributed by atoms with Gasteiger partial charge in [-0.3, -0.25) is 0 Å². The van der Waals surface area contributed by atoms with Crippen LogP contribution >= 0.6 is 0 Å². The Labute approximate surface area is 106 Å². The topological polar surface area (TPSA) is 86.4 Å². The molecular formula is C11H19N5O2. The molecule has 1 fully saturated rings. The molecule has 1 aromatic heterocycles. The lowest BCUT2D eigenvalue weighted by Gasteiger charge is -2.19. The molecular weight excluding hydrogens is 234 g/mol. The number of rotatable bonds is 5. The first kappa shape index (κ1) is 12.8. The third-order valence-corrected chi connectivity index (χ3v) is 2.83. The first-order valence-corrected chi connectivity index (χ1v) is 6.23. The van der Waals surface area contributed by atoms with Gasteiger partial charge in [-0.15, -0.1) is 0 Å². The highest BCUT2D eigenvalue weighted by Gasteiger charge is 2.19. The lowest BCUT2D eigenvalue weighted by atomic mass is 10.3. The molecule has 0 aromatic carbocycles. The van der Waals surface area contributed by atoms with Gasteiger partial charge >= 0.3 is 6.01 Å². The van der Waals surface area contributed by atoms with E-state index in [0.717, 1.165) is 19.5 Å². The van der Waals surface area contributed by atoms with Crippen molar-refractivity contribution >= 4 is 11.9 Å². The van der Waals surface area contributed by atoms with Crippen LogP contribution in [0, 0.1) is 0 Å². The van der Waals surface area contributed by atoms with Crippen LogP contribution in [0.25, 0.3) is 0 Å². The summed E-state index contributed by atoms with van der Waals surface area (Å²) in [6, 6.07) is 0.278. The smallest absolute Gasteiger partial charge is 0.323 e. The minimum atomic E-state index is 0.0105. The number of anilines is 2. The third-order valence-electron chi connectivity index (χ3n) is 2.83. The molecule has 1 aliphatic rings. The van der Waals surface area contributed by atoms with Gasteiger partial charge in [0.1, 0.15) is 6.10 Å². The summed E-state index contributed by atoms with van der Waals surface area (Å²) in [5.41, 5.74) is 5.68. The molecule has 2 heterocycles. The second-order valence-corrected chi connectivity index (χ2v) is 4.05. The summed E-state index contributed by atoms with van der Waals surface area (Å²) in [5.74, 6) is 0.738. The highest BCUT2D eigenvalue weighted by Crippen LogP contribution is 2.16. The molecule has 18 heavy (non-hydrogen) atoms. The highest BCUT2D eigenvalue weighted by molar-refractivity contribution is 5.35. The maximum atomic E-state index is 5.68. The van der Waals surface area contributed by atoms with E-state index in [-0.39, 0.29) is 18.1 Å². The Morgan fingerprint density at radius 3 is 2.72 bits per heavy atom. The summed E-state index contributed by atoms with van der Waals surface area (Å²) in [5, 5.41) is 0. The number of ether oxygens (including phenoxy) is 2. The fourth-order valence-electron chi connectivity index (χ4n) is 1.82. The standard InChI is InChI=1S/C11H19N5O2/c1-3-16(4-2)10-13-9(12)14-11(15-10)18-8-5-6-17-7-8/h8H,3-7H2,1-2H3,(H2,12,13,14,15). The summed E-state index contributed by atoms with van der Waals surface area (Å²) >= 11 is 0. The van der Waals surface area contributed by atoms with Crippen LogP contribution in [-0.4, -0.2) is 47.4 Å². The summed E-state index contributed by atoms with van der Waals surface area (Å²) in [4.78, 5) is 14.4. The number of nitrogens with zero attached hydrogens (tertiary/aromatic N) is 4. The fraction of sp³-hybridized carbons (Fsp3) is 0.727. The number of hydrogen-bond donors (Lipinski definition) is 1. The zero-order valence-electron chi connectivity index (χ0n) is 10.8. The Hall–Kier alpha value is -1.63. The zero-order valence-corrected chi connectivity index (χ0v) is 10.8. The second-order valence-electron chi connectivity index (χ2n) is 4.05. The molecule has 0 spiro atoms. The number of hydrogen-bond acceptors (Lipinski definition) is 7. The Balaban J connectivity index is 2.14. The Morgan fingerprint density at radius 2 is 2.11 bits per heavy atom. The second kappa shape index (κ2) is 5.81. The van der Waals surface area contributed by atoms with Gasteiger partial charge in [-0.1, -0.05) is 0 Å². The van der Waals surface area contributed by atoms with Crippen molar-refractivity contribution in [1.82, 2.24) is 15.0 Å². The van der Waals surface area contributed by atoms with Gasteiger partial charge in [0, 0.05) is 19.5 Å². The van der Waals surface area contributed by atoms with Crippen LogP contribution in [0.15, 0.2) is 0 Å². The Morgan fingerprint density at radius 1 is 1.33 bits per heavy atom. The molecule has 100 valence electrons.